The molecule has 0 aliphatic heterocycles. The monoisotopic (exact) mass is 314 g/mol. The SMILES string of the molecule is Cc1cc(C(C)(C)C(F)(F)F)c(Cl)cc1Br. The molecular weight excluding hydrogens is 304 g/mol. The van der Waals surface area contributed by atoms with Crippen molar-refractivity contribution in [2.24, 2.45) is 0 Å². The summed E-state index contributed by atoms with van der Waals surface area (Å²) in [7, 11) is 0. The molecule has 0 radical (unpaired) electrons. The number of aryl methyl sites for hydroxylation is 1. The number of alkyl halides is 3. The lowest BCUT2D eigenvalue weighted by Gasteiger charge is -2.29. The zero-order valence-electron chi connectivity index (χ0n) is 9.04. The van der Waals surface area contributed by atoms with Crippen molar-refractivity contribution in [3.63, 3.8) is 0 Å². The zero-order valence-corrected chi connectivity index (χ0v) is 11.4. The molecule has 16 heavy (non-hydrogen) atoms. The summed E-state index contributed by atoms with van der Waals surface area (Å²) in [6.45, 7) is 3.99. The molecule has 0 spiro atoms. The average molecular weight is 316 g/mol. The standard InChI is InChI=1S/C11H11BrClF3/c1-6-4-7(9(13)5-8(6)12)10(2,3)11(14,15)16/h4-5H,1-3H3. The molecule has 0 N–H and O–H groups in total. The fourth-order valence-corrected chi connectivity index (χ4v) is 2.16. The van der Waals surface area contributed by atoms with E-state index < -0.39 is 11.6 Å². The van der Waals surface area contributed by atoms with E-state index in [1.54, 1.807) is 6.92 Å². The Balaban J connectivity index is 3.39. The first-order chi connectivity index (χ1) is 7.07. The van der Waals surface area contributed by atoms with E-state index in [1.165, 1.54) is 12.1 Å². The molecule has 0 amide bonds. The molecule has 0 heterocycles. The molecule has 0 aliphatic carbocycles. The maximum Gasteiger partial charge on any atom is 0.397 e. The maximum atomic E-state index is 12.9. The van der Waals surface area contributed by atoms with E-state index in [2.05, 4.69) is 15.9 Å². The van der Waals surface area contributed by atoms with Crippen molar-refractivity contribution in [3.05, 3.63) is 32.8 Å². The summed E-state index contributed by atoms with van der Waals surface area (Å²) in [5.41, 5.74) is -1.12. The van der Waals surface area contributed by atoms with Crippen LogP contribution in [0.1, 0.15) is 25.0 Å². The lowest BCUT2D eigenvalue weighted by molar-refractivity contribution is -0.180. The van der Waals surface area contributed by atoms with Crippen LogP contribution in [-0.2, 0) is 5.41 Å². The van der Waals surface area contributed by atoms with E-state index in [-0.39, 0.29) is 10.6 Å². The molecule has 0 aliphatic rings. The van der Waals surface area contributed by atoms with Crippen molar-refractivity contribution < 1.29 is 13.2 Å². The van der Waals surface area contributed by atoms with E-state index in [1.807, 2.05) is 0 Å². The number of rotatable bonds is 1. The first-order valence-corrected chi connectivity index (χ1v) is 5.77. The second kappa shape index (κ2) is 4.22. The summed E-state index contributed by atoms with van der Waals surface area (Å²) >= 11 is 9.09. The predicted octanol–water partition coefficient (Wildman–Crippen LogP) is 5.25. The van der Waals surface area contributed by atoms with Crippen LogP contribution < -0.4 is 0 Å². The minimum Gasteiger partial charge on any atom is -0.170 e. The molecule has 5 heteroatoms. The van der Waals surface area contributed by atoms with Crippen LogP contribution in [-0.4, -0.2) is 6.18 Å². The molecule has 0 fully saturated rings. The van der Waals surface area contributed by atoms with Gasteiger partial charge in [0.05, 0.1) is 5.41 Å². The fourth-order valence-electron chi connectivity index (χ4n) is 1.29. The van der Waals surface area contributed by atoms with Gasteiger partial charge in [-0.25, -0.2) is 0 Å². The first-order valence-electron chi connectivity index (χ1n) is 4.60. The van der Waals surface area contributed by atoms with E-state index in [4.69, 9.17) is 11.6 Å². The molecule has 90 valence electrons. The predicted molar refractivity (Wildman–Crippen MR) is 63.0 cm³/mol. The Morgan fingerprint density at radius 3 is 2.12 bits per heavy atom. The molecule has 0 bridgehead atoms. The van der Waals surface area contributed by atoms with Gasteiger partial charge in [0.15, 0.2) is 0 Å². The zero-order chi connectivity index (χ0) is 12.7. The van der Waals surface area contributed by atoms with Gasteiger partial charge in [0.2, 0.25) is 0 Å². The lowest BCUT2D eigenvalue weighted by atomic mass is 9.83. The van der Waals surface area contributed by atoms with Gasteiger partial charge >= 0.3 is 6.18 Å². The van der Waals surface area contributed by atoms with Crippen molar-refractivity contribution in [2.75, 3.05) is 0 Å². The van der Waals surface area contributed by atoms with Crippen LogP contribution in [0.15, 0.2) is 16.6 Å². The summed E-state index contributed by atoms with van der Waals surface area (Å²) in [6.07, 6.45) is -4.32. The van der Waals surface area contributed by atoms with Crippen molar-refractivity contribution in [2.45, 2.75) is 32.4 Å². The van der Waals surface area contributed by atoms with Crippen molar-refractivity contribution in [3.8, 4) is 0 Å². The molecule has 0 saturated carbocycles. The van der Waals surface area contributed by atoms with E-state index >= 15 is 0 Å². The Kier molecular flexibility index (Phi) is 3.65. The van der Waals surface area contributed by atoms with Gasteiger partial charge in [0.1, 0.15) is 0 Å². The molecule has 1 aromatic carbocycles. The molecule has 1 rings (SSSR count). The molecule has 0 unspecified atom stereocenters. The van der Waals surface area contributed by atoms with Crippen molar-refractivity contribution in [1.82, 2.24) is 0 Å². The second-order valence-corrected chi connectivity index (χ2v) is 5.47. The quantitative estimate of drug-likeness (QED) is 0.664. The molecule has 1 aromatic rings. The van der Waals surface area contributed by atoms with E-state index in [0.717, 1.165) is 19.4 Å². The van der Waals surface area contributed by atoms with Gasteiger partial charge in [-0.05, 0) is 38.0 Å². The molecule has 0 nitrogen and oxygen atoms in total. The Hall–Kier alpha value is -0.220. The summed E-state index contributed by atoms with van der Waals surface area (Å²) < 4.78 is 39.3. The van der Waals surface area contributed by atoms with Gasteiger partial charge in [-0.3, -0.25) is 0 Å². The minimum absolute atomic E-state index is 0.0994. The normalized spacial score (nSPS) is 13.0. The van der Waals surface area contributed by atoms with Gasteiger partial charge < -0.3 is 0 Å². The highest BCUT2D eigenvalue weighted by molar-refractivity contribution is 9.10. The van der Waals surface area contributed by atoms with Crippen molar-refractivity contribution in [1.29, 1.82) is 0 Å². The van der Waals surface area contributed by atoms with Crippen LogP contribution in [0.2, 0.25) is 5.02 Å². The Morgan fingerprint density at radius 1 is 1.19 bits per heavy atom. The molecule has 0 aromatic heterocycles. The fraction of sp³-hybridized carbons (Fsp3) is 0.455. The van der Waals surface area contributed by atoms with Crippen LogP contribution in [0.5, 0.6) is 0 Å². The molecule has 0 atom stereocenters. The van der Waals surface area contributed by atoms with Gasteiger partial charge in [-0.2, -0.15) is 13.2 Å². The molecular formula is C11H11BrClF3. The Labute approximate surface area is 106 Å². The first kappa shape index (κ1) is 13.8. The van der Waals surface area contributed by atoms with Gasteiger partial charge in [0, 0.05) is 9.50 Å². The van der Waals surface area contributed by atoms with Gasteiger partial charge in [-0.1, -0.05) is 33.6 Å². The summed E-state index contributed by atoms with van der Waals surface area (Å²) in [6, 6.07) is 2.97. The van der Waals surface area contributed by atoms with Crippen LogP contribution in [0.25, 0.3) is 0 Å². The van der Waals surface area contributed by atoms with Crippen LogP contribution in [0, 0.1) is 6.92 Å². The number of hydrogen-bond donors (Lipinski definition) is 0. The van der Waals surface area contributed by atoms with Crippen molar-refractivity contribution >= 4 is 27.5 Å². The van der Waals surface area contributed by atoms with Gasteiger partial charge in [-0.15, -0.1) is 0 Å². The Bertz CT molecular complexity index is 410. The van der Waals surface area contributed by atoms with Crippen LogP contribution >= 0.6 is 27.5 Å². The third-order valence-corrected chi connectivity index (χ3v) is 3.80. The highest BCUT2D eigenvalue weighted by Gasteiger charge is 2.49. The minimum atomic E-state index is -4.32. The van der Waals surface area contributed by atoms with E-state index in [9.17, 15) is 13.2 Å². The number of hydrogen-bond acceptors (Lipinski definition) is 0. The lowest BCUT2D eigenvalue weighted by Crippen LogP contribution is -2.36. The highest BCUT2D eigenvalue weighted by atomic mass is 79.9. The van der Waals surface area contributed by atoms with Crippen LogP contribution in [0.3, 0.4) is 0 Å². The van der Waals surface area contributed by atoms with E-state index in [0.29, 0.717) is 4.47 Å². The van der Waals surface area contributed by atoms with Crippen LogP contribution in [0.4, 0.5) is 13.2 Å². The smallest absolute Gasteiger partial charge is 0.170 e. The Morgan fingerprint density at radius 2 is 1.69 bits per heavy atom. The second-order valence-electron chi connectivity index (χ2n) is 4.20. The summed E-state index contributed by atoms with van der Waals surface area (Å²) in [5, 5.41) is 0.125. The van der Waals surface area contributed by atoms with Gasteiger partial charge in [0.25, 0.3) is 0 Å². The summed E-state index contributed by atoms with van der Waals surface area (Å²) in [5.74, 6) is 0. The highest BCUT2D eigenvalue weighted by Crippen LogP contribution is 2.44. The third-order valence-electron chi connectivity index (χ3n) is 2.63. The largest absolute Gasteiger partial charge is 0.397 e. The molecule has 0 saturated heterocycles. The third kappa shape index (κ3) is 2.38. The number of benzene rings is 1. The average Bonchev–Trinajstić information content (AvgIpc) is 2.09. The topological polar surface area (TPSA) is 0 Å². The number of halogens is 5. The maximum absolute atomic E-state index is 12.9. The summed E-state index contributed by atoms with van der Waals surface area (Å²) in [4.78, 5) is 0.